The van der Waals surface area contributed by atoms with Crippen molar-refractivity contribution in [1.29, 1.82) is 0 Å². The van der Waals surface area contributed by atoms with Crippen LogP contribution in [0, 0.1) is 12.8 Å². The lowest BCUT2D eigenvalue weighted by Crippen LogP contribution is -2.35. The second kappa shape index (κ2) is 5.42. The molecular formula is C15H22N2O. The van der Waals surface area contributed by atoms with Crippen LogP contribution in [-0.4, -0.2) is 11.9 Å². The number of carbonyl (C=O) groups is 1. The molecule has 18 heavy (non-hydrogen) atoms. The molecule has 1 aliphatic rings. The molecular weight excluding hydrogens is 224 g/mol. The number of anilines is 1. The van der Waals surface area contributed by atoms with E-state index in [0.717, 1.165) is 24.3 Å². The molecule has 1 aliphatic carbocycles. The topological polar surface area (TPSA) is 55.1 Å². The number of hydrogen-bond donors (Lipinski definition) is 2. The van der Waals surface area contributed by atoms with E-state index in [2.05, 4.69) is 12.2 Å². The summed E-state index contributed by atoms with van der Waals surface area (Å²) in [6, 6.07) is 5.78. The van der Waals surface area contributed by atoms with Crippen LogP contribution in [0.5, 0.6) is 0 Å². The molecule has 0 spiro atoms. The summed E-state index contributed by atoms with van der Waals surface area (Å²) in [4.78, 5) is 12.2. The Morgan fingerprint density at radius 1 is 1.50 bits per heavy atom. The Kier molecular flexibility index (Phi) is 3.90. The van der Waals surface area contributed by atoms with Gasteiger partial charge in [0.05, 0.1) is 0 Å². The molecule has 3 heteroatoms. The number of nitrogen functional groups attached to an aromatic ring is 1. The van der Waals surface area contributed by atoms with Crippen LogP contribution < -0.4 is 11.1 Å². The summed E-state index contributed by atoms with van der Waals surface area (Å²) < 4.78 is 0. The van der Waals surface area contributed by atoms with Gasteiger partial charge in [-0.2, -0.15) is 0 Å². The van der Waals surface area contributed by atoms with Crippen LogP contribution in [-0.2, 0) is 0 Å². The minimum atomic E-state index is 0.00676. The van der Waals surface area contributed by atoms with Crippen LogP contribution in [0.2, 0.25) is 0 Å². The van der Waals surface area contributed by atoms with Crippen molar-refractivity contribution in [3.8, 4) is 0 Å². The number of amides is 1. The summed E-state index contributed by atoms with van der Waals surface area (Å²) in [7, 11) is 0. The lowest BCUT2D eigenvalue weighted by atomic mass is 10.0. The SMILES string of the molecule is CCC(CC1CC1)NC(=O)c1cc(N)ccc1C. The van der Waals surface area contributed by atoms with Crippen molar-refractivity contribution in [2.24, 2.45) is 5.92 Å². The van der Waals surface area contributed by atoms with Crippen LogP contribution in [0.25, 0.3) is 0 Å². The summed E-state index contributed by atoms with van der Waals surface area (Å²) in [5.74, 6) is 0.837. The lowest BCUT2D eigenvalue weighted by molar-refractivity contribution is 0.0932. The predicted molar refractivity (Wildman–Crippen MR) is 74.5 cm³/mol. The number of nitrogens with one attached hydrogen (secondary N) is 1. The van der Waals surface area contributed by atoms with E-state index in [4.69, 9.17) is 5.73 Å². The quantitative estimate of drug-likeness (QED) is 0.785. The molecule has 1 aromatic rings. The molecule has 1 unspecified atom stereocenters. The molecule has 1 aromatic carbocycles. The average Bonchev–Trinajstić information content (AvgIpc) is 3.15. The fraction of sp³-hybridized carbons (Fsp3) is 0.533. The molecule has 3 nitrogen and oxygen atoms in total. The van der Waals surface area contributed by atoms with Gasteiger partial charge >= 0.3 is 0 Å². The Hall–Kier alpha value is -1.51. The third-order valence-electron chi connectivity index (χ3n) is 3.65. The normalized spacial score (nSPS) is 16.3. The van der Waals surface area contributed by atoms with E-state index in [1.54, 1.807) is 6.07 Å². The molecule has 0 bridgehead atoms. The summed E-state index contributed by atoms with van der Waals surface area (Å²) in [6.45, 7) is 4.07. The third kappa shape index (κ3) is 3.25. The van der Waals surface area contributed by atoms with Gasteiger partial charge in [-0.3, -0.25) is 4.79 Å². The summed E-state index contributed by atoms with van der Waals surface area (Å²) in [5, 5.41) is 3.13. The summed E-state index contributed by atoms with van der Waals surface area (Å²) in [6.07, 6.45) is 4.75. The van der Waals surface area contributed by atoms with Crippen molar-refractivity contribution in [1.82, 2.24) is 5.32 Å². The van der Waals surface area contributed by atoms with Gasteiger partial charge in [0.2, 0.25) is 0 Å². The zero-order chi connectivity index (χ0) is 13.1. The van der Waals surface area contributed by atoms with Crippen LogP contribution in [0.4, 0.5) is 5.69 Å². The van der Waals surface area contributed by atoms with Gasteiger partial charge in [-0.15, -0.1) is 0 Å². The van der Waals surface area contributed by atoms with E-state index >= 15 is 0 Å². The number of hydrogen-bond acceptors (Lipinski definition) is 2. The van der Waals surface area contributed by atoms with Crippen molar-refractivity contribution in [2.75, 3.05) is 5.73 Å². The fourth-order valence-electron chi connectivity index (χ4n) is 2.23. The molecule has 0 saturated heterocycles. The number of nitrogens with two attached hydrogens (primary N) is 1. The molecule has 2 rings (SSSR count). The average molecular weight is 246 g/mol. The largest absolute Gasteiger partial charge is 0.399 e. The Balaban J connectivity index is 2.02. The monoisotopic (exact) mass is 246 g/mol. The first-order valence-electron chi connectivity index (χ1n) is 6.77. The number of rotatable bonds is 5. The maximum Gasteiger partial charge on any atom is 0.251 e. The van der Waals surface area contributed by atoms with Crippen molar-refractivity contribution in [2.45, 2.75) is 45.6 Å². The minimum Gasteiger partial charge on any atom is -0.399 e. The highest BCUT2D eigenvalue weighted by Crippen LogP contribution is 2.34. The van der Waals surface area contributed by atoms with Gasteiger partial charge in [-0.1, -0.05) is 25.8 Å². The zero-order valence-electron chi connectivity index (χ0n) is 11.2. The van der Waals surface area contributed by atoms with Gasteiger partial charge < -0.3 is 11.1 Å². The molecule has 0 aliphatic heterocycles. The van der Waals surface area contributed by atoms with Crippen LogP contribution in [0.3, 0.4) is 0 Å². The summed E-state index contributed by atoms with van der Waals surface area (Å²) in [5.41, 5.74) is 8.05. The molecule has 1 atom stereocenters. The zero-order valence-corrected chi connectivity index (χ0v) is 11.2. The molecule has 0 heterocycles. The van der Waals surface area contributed by atoms with Crippen LogP contribution >= 0.6 is 0 Å². The van der Waals surface area contributed by atoms with E-state index in [1.165, 1.54) is 12.8 Å². The Morgan fingerprint density at radius 2 is 2.22 bits per heavy atom. The molecule has 3 N–H and O–H groups in total. The van der Waals surface area contributed by atoms with E-state index < -0.39 is 0 Å². The number of aryl methyl sites for hydroxylation is 1. The molecule has 1 amide bonds. The van der Waals surface area contributed by atoms with Crippen LogP contribution in [0.1, 0.15) is 48.5 Å². The first-order valence-corrected chi connectivity index (χ1v) is 6.77. The first-order chi connectivity index (χ1) is 8.60. The van der Waals surface area contributed by atoms with Gasteiger partial charge in [0.25, 0.3) is 5.91 Å². The Labute approximate surface area is 109 Å². The third-order valence-corrected chi connectivity index (χ3v) is 3.65. The van der Waals surface area contributed by atoms with Gasteiger partial charge in [0.15, 0.2) is 0 Å². The second-order valence-corrected chi connectivity index (χ2v) is 5.33. The van der Waals surface area contributed by atoms with Gasteiger partial charge in [0, 0.05) is 17.3 Å². The predicted octanol–water partition coefficient (Wildman–Crippen LogP) is 2.89. The van der Waals surface area contributed by atoms with Crippen molar-refractivity contribution in [3.63, 3.8) is 0 Å². The van der Waals surface area contributed by atoms with E-state index in [1.807, 2.05) is 19.1 Å². The Morgan fingerprint density at radius 3 is 2.83 bits per heavy atom. The van der Waals surface area contributed by atoms with Crippen molar-refractivity contribution < 1.29 is 4.79 Å². The maximum absolute atomic E-state index is 12.2. The highest BCUT2D eigenvalue weighted by molar-refractivity contribution is 5.96. The molecule has 1 fully saturated rings. The van der Waals surface area contributed by atoms with Crippen molar-refractivity contribution in [3.05, 3.63) is 29.3 Å². The van der Waals surface area contributed by atoms with E-state index in [-0.39, 0.29) is 5.91 Å². The smallest absolute Gasteiger partial charge is 0.251 e. The number of benzene rings is 1. The molecule has 98 valence electrons. The van der Waals surface area contributed by atoms with E-state index in [9.17, 15) is 4.79 Å². The minimum absolute atomic E-state index is 0.00676. The van der Waals surface area contributed by atoms with Gasteiger partial charge in [0.1, 0.15) is 0 Å². The van der Waals surface area contributed by atoms with Crippen molar-refractivity contribution >= 4 is 11.6 Å². The van der Waals surface area contributed by atoms with Crippen LogP contribution in [0.15, 0.2) is 18.2 Å². The second-order valence-electron chi connectivity index (χ2n) is 5.33. The maximum atomic E-state index is 12.2. The highest BCUT2D eigenvalue weighted by Gasteiger charge is 2.25. The van der Waals surface area contributed by atoms with Gasteiger partial charge in [-0.25, -0.2) is 0 Å². The number of carbonyl (C=O) groups excluding carboxylic acids is 1. The highest BCUT2D eigenvalue weighted by atomic mass is 16.1. The molecule has 0 radical (unpaired) electrons. The summed E-state index contributed by atoms with van der Waals surface area (Å²) >= 11 is 0. The Bertz CT molecular complexity index is 438. The first kappa shape index (κ1) is 12.9. The molecule has 0 aromatic heterocycles. The standard InChI is InChI=1S/C15H22N2O/c1-3-13(8-11-5-6-11)17-15(18)14-9-12(16)7-4-10(14)2/h4,7,9,11,13H,3,5-6,8,16H2,1-2H3,(H,17,18). The lowest BCUT2D eigenvalue weighted by Gasteiger charge is -2.17. The van der Waals surface area contributed by atoms with Gasteiger partial charge in [-0.05, 0) is 43.4 Å². The molecule has 1 saturated carbocycles. The fourth-order valence-corrected chi connectivity index (χ4v) is 2.23. The van der Waals surface area contributed by atoms with E-state index in [0.29, 0.717) is 17.3 Å².